The zero-order valence-electron chi connectivity index (χ0n) is 21.5. The maximum absolute atomic E-state index is 13.6. The molecule has 0 N–H and O–H groups in total. The summed E-state index contributed by atoms with van der Waals surface area (Å²) in [6.45, 7) is 5.88. The summed E-state index contributed by atoms with van der Waals surface area (Å²) in [5.41, 5.74) is 3.55. The van der Waals surface area contributed by atoms with Crippen LogP contribution in [0.15, 0.2) is 70.6 Å². The van der Waals surface area contributed by atoms with Gasteiger partial charge in [-0.1, -0.05) is 38.1 Å². The van der Waals surface area contributed by atoms with E-state index >= 15 is 0 Å². The van der Waals surface area contributed by atoms with E-state index in [9.17, 15) is 9.59 Å². The van der Waals surface area contributed by atoms with Crippen LogP contribution >= 0.6 is 0 Å². The number of benzene rings is 3. The third-order valence-electron chi connectivity index (χ3n) is 6.00. The van der Waals surface area contributed by atoms with Gasteiger partial charge in [0.25, 0.3) is 5.56 Å². The Balaban J connectivity index is 1.90. The number of ether oxygens (including phenoxy) is 3. The third-order valence-corrected chi connectivity index (χ3v) is 6.00. The minimum atomic E-state index is -0.500. The smallest absolute Gasteiger partial charge is 0.343 e. The Morgan fingerprint density at radius 1 is 1.05 bits per heavy atom. The molecule has 0 aliphatic rings. The van der Waals surface area contributed by atoms with E-state index in [1.807, 2.05) is 37.3 Å². The molecule has 8 nitrogen and oxygen atoms in total. The van der Waals surface area contributed by atoms with Gasteiger partial charge >= 0.3 is 5.97 Å². The molecular formula is C29H29N3O5. The van der Waals surface area contributed by atoms with Crippen molar-refractivity contribution in [1.82, 2.24) is 9.66 Å². The molecule has 4 aromatic rings. The quantitative estimate of drug-likeness (QED) is 0.252. The zero-order valence-corrected chi connectivity index (χ0v) is 21.5. The van der Waals surface area contributed by atoms with Crippen molar-refractivity contribution in [2.75, 3.05) is 20.8 Å². The molecule has 0 spiro atoms. The Bertz CT molecular complexity index is 1540. The molecule has 1 aromatic heterocycles. The summed E-state index contributed by atoms with van der Waals surface area (Å²) >= 11 is 0. The molecule has 4 rings (SSSR count). The van der Waals surface area contributed by atoms with Gasteiger partial charge in [-0.3, -0.25) is 4.79 Å². The fourth-order valence-electron chi connectivity index (χ4n) is 4.01. The van der Waals surface area contributed by atoms with Crippen molar-refractivity contribution in [2.45, 2.75) is 26.7 Å². The normalized spacial score (nSPS) is 11.3. The van der Waals surface area contributed by atoms with Crippen molar-refractivity contribution >= 4 is 23.1 Å². The van der Waals surface area contributed by atoms with Gasteiger partial charge in [0.05, 0.1) is 31.3 Å². The maximum atomic E-state index is 13.6. The second kappa shape index (κ2) is 11.1. The van der Waals surface area contributed by atoms with Gasteiger partial charge in [0, 0.05) is 11.1 Å². The monoisotopic (exact) mass is 499 g/mol. The van der Waals surface area contributed by atoms with E-state index < -0.39 is 5.97 Å². The van der Waals surface area contributed by atoms with Crippen molar-refractivity contribution < 1.29 is 19.0 Å². The number of hydrogen-bond acceptors (Lipinski definition) is 7. The second-order valence-electron chi connectivity index (χ2n) is 8.78. The lowest BCUT2D eigenvalue weighted by Crippen LogP contribution is -2.21. The van der Waals surface area contributed by atoms with Crippen molar-refractivity contribution in [2.24, 2.45) is 5.10 Å². The fraction of sp³-hybridized carbons (Fsp3) is 0.241. The lowest BCUT2D eigenvalue weighted by Gasteiger charge is -2.17. The zero-order chi connectivity index (χ0) is 26.5. The van der Waals surface area contributed by atoms with Gasteiger partial charge in [0.1, 0.15) is 11.5 Å². The molecule has 0 saturated heterocycles. The van der Waals surface area contributed by atoms with Crippen LogP contribution in [0.3, 0.4) is 0 Å². The number of aromatic nitrogens is 2. The molecule has 0 atom stereocenters. The molecule has 0 bridgehead atoms. The van der Waals surface area contributed by atoms with Crippen LogP contribution in [-0.4, -0.2) is 42.7 Å². The molecule has 8 heteroatoms. The Morgan fingerprint density at radius 2 is 1.78 bits per heavy atom. The Labute approximate surface area is 215 Å². The molecule has 0 radical (unpaired) electrons. The Kier molecular flexibility index (Phi) is 7.67. The van der Waals surface area contributed by atoms with Gasteiger partial charge in [0.15, 0.2) is 12.4 Å². The standard InChI is InChI=1S/C29H29N3O5/c1-18(2)22-15-23(19(3)14-26(22)35-4)28-31-24-12-8-7-11-21(24)29(34)32(28)30-16-20-10-6-9-13-25(20)37-17-27(33)36-5/h6-16,18H,17H2,1-5H3. The van der Waals surface area contributed by atoms with Crippen LogP contribution in [0.25, 0.3) is 22.3 Å². The van der Waals surface area contributed by atoms with Gasteiger partial charge < -0.3 is 14.2 Å². The molecule has 0 aliphatic carbocycles. The molecule has 3 aromatic carbocycles. The number of carbonyl (C=O) groups excluding carboxylic acids is 1. The summed E-state index contributed by atoms with van der Waals surface area (Å²) < 4.78 is 17.2. The van der Waals surface area contributed by atoms with Gasteiger partial charge in [-0.2, -0.15) is 9.78 Å². The number of methoxy groups -OCH3 is 2. The molecular weight excluding hydrogens is 470 g/mol. The predicted octanol–water partition coefficient (Wildman–Crippen LogP) is 4.94. The van der Waals surface area contributed by atoms with Crippen molar-refractivity contribution in [3.8, 4) is 22.9 Å². The summed E-state index contributed by atoms with van der Waals surface area (Å²) in [7, 11) is 2.94. The molecule has 0 fully saturated rings. The summed E-state index contributed by atoms with van der Waals surface area (Å²) in [6, 6.07) is 18.3. The maximum Gasteiger partial charge on any atom is 0.343 e. The van der Waals surface area contributed by atoms with Crippen molar-refractivity contribution in [1.29, 1.82) is 0 Å². The van der Waals surface area contributed by atoms with Crippen molar-refractivity contribution in [3.63, 3.8) is 0 Å². The Hall–Kier alpha value is -4.46. The molecule has 1 heterocycles. The fourth-order valence-corrected chi connectivity index (χ4v) is 4.01. The average molecular weight is 500 g/mol. The van der Waals surface area contributed by atoms with E-state index in [-0.39, 0.29) is 18.1 Å². The van der Waals surface area contributed by atoms with E-state index in [0.29, 0.717) is 28.0 Å². The number of esters is 1. The molecule has 190 valence electrons. The topological polar surface area (TPSA) is 92.0 Å². The number of hydrogen-bond donors (Lipinski definition) is 0. The van der Waals surface area contributed by atoms with Crippen LogP contribution in [0.5, 0.6) is 11.5 Å². The lowest BCUT2D eigenvalue weighted by molar-refractivity contribution is -0.142. The number of aryl methyl sites for hydroxylation is 1. The highest BCUT2D eigenvalue weighted by Gasteiger charge is 2.18. The first-order valence-electron chi connectivity index (χ1n) is 11.9. The molecule has 0 unspecified atom stereocenters. The highest BCUT2D eigenvalue weighted by atomic mass is 16.6. The van der Waals surface area contributed by atoms with Crippen LogP contribution in [0.2, 0.25) is 0 Å². The largest absolute Gasteiger partial charge is 0.496 e. The van der Waals surface area contributed by atoms with E-state index in [0.717, 1.165) is 22.4 Å². The first kappa shape index (κ1) is 25.6. The van der Waals surface area contributed by atoms with Crippen LogP contribution < -0.4 is 15.0 Å². The van der Waals surface area contributed by atoms with E-state index in [1.165, 1.54) is 18.0 Å². The first-order valence-corrected chi connectivity index (χ1v) is 11.9. The van der Waals surface area contributed by atoms with Crippen LogP contribution in [0, 0.1) is 6.92 Å². The third kappa shape index (κ3) is 5.38. The highest BCUT2D eigenvalue weighted by Crippen LogP contribution is 2.34. The number of para-hydroxylation sites is 2. The van der Waals surface area contributed by atoms with Gasteiger partial charge in [-0.05, 0) is 60.4 Å². The number of carbonyl (C=O) groups is 1. The number of nitrogens with zero attached hydrogens (tertiary/aromatic N) is 3. The van der Waals surface area contributed by atoms with Crippen LogP contribution in [0.1, 0.15) is 36.5 Å². The SMILES string of the molecule is COC(=O)COc1ccccc1C=Nn1c(-c2cc(C(C)C)c(OC)cc2C)nc2ccccc2c1=O. The minimum Gasteiger partial charge on any atom is -0.496 e. The average Bonchev–Trinajstić information content (AvgIpc) is 2.91. The van der Waals surface area contributed by atoms with E-state index in [4.69, 9.17) is 14.5 Å². The summed E-state index contributed by atoms with van der Waals surface area (Å²) in [6.07, 6.45) is 1.52. The molecule has 0 amide bonds. The minimum absolute atomic E-state index is 0.192. The second-order valence-corrected chi connectivity index (χ2v) is 8.78. The molecule has 37 heavy (non-hydrogen) atoms. The van der Waals surface area contributed by atoms with Crippen LogP contribution in [-0.2, 0) is 9.53 Å². The number of fused-ring (bicyclic) bond motifs is 1. The van der Waals surface area contributed by atoms with Gasteiger partial charge in [-0.25, -0.2) is 9.78 Å². The highest BCUT2D eigenvalue weighted by molar-refractivity contribution is 5.85. The first-order chi connectivity index (χ1) is 17.8. The summed E-state index contributed by atoms with van der Waals surface area (Å²) in [5, 5.41) is 5.01. The van der Waals surface area contributed by atoms with Crippen LogP contribution in [0.4, 0.5) is 0 Å². The number of rotatable bonds is 8. The Morgan fingerprint density at radius 3 is 2.51 bits per heavy atom. The summed E-state index contributed by atoms with van der Waals surface area (Å²) in [4.78, 5) is 30.0. The predicted molar refractivity (Wildman–Crippen MR) is 144 cm³/mol. The van der Waals surface area contributed by atoms with Gasteiger partial charge in [-0.15, -0.1) is 0 Å². The van der Waals surface area contributed by atoms with Crippen molar-refractivity contribution in [3.05, 3.63) is 87.7 Å². The van der Waals surface area contributed by atoms with E-state index in [2.05, 4.69) is 23.7 Å². The molecule has 0 saturated carbocycles. The van der Waals surface area contributed by atoms with Gasteiger partial charge in [0.2, 0.25) is 0 Å². The molecule has 0 aliphatic heterocycles. The van der Waals surface area contributed by atoms with E-state index in [1.54, 1.807) is 37.4 Å². The lowest BCUT2D eigenvalue weighted by atomic mass is 9.96. The summed E-state index contributed by atoms with van der Waals surface area (Å²) in [5.74, 6) is 1.32.